The summed E-state index contributed by atoms with van der Waals surface area (Å²) in [6.07, 6.45) is 0.947. The van der Waals surface area contributed by atoms with E-state index in [1.165, 1.54) is 13.8 Å². The highest BCUT2D eigenvalue weighted by atomic mass is 28.5. The third-order valence-electron chi connectivity index (χ3n) is 8.97. The predicted octanol–water partition coefficient (Wildman–Crippen LogP) is 2.87. The topological polar surface area (TPSA) is 210 Å². The van der Waals surface area contributed by atoms with Crippen LogP contribution in [0.1, 0.15) is 53.4 Å². The van der Waals surface area contributed by atoms with Crippen molar-refractivity contribution >= 4 is 82.2 Å². The van der Waals surface area contributed by atoms with Gasteiger partial charge in [0.25, 0.3) is 0 Å². The molecule has 61 heavy (non-hydrogen) atoms. The van der Waals surface area contributed by atoms with Crippen LogP contribution in [0.15, 0.2) is 60.7 Å². The third kappa shape index (κ3) is 19.7. The Kier molecular flexibility index (Phi) is 28.9. The molecule has 21 heteroatoms. The molecule has 0 radical (unpaired) electrons. The summed E-state index contributed by atoms with van der Waals surface area (Å²) in [7, 11) is -7.84. The van der Waals surface area contributed by atoms with Crippen molar-refractivity contribution in [1.82, 2.24) is 10.6 Å². The minimum Gasteiger partial charge on any atom is -0.466 e. The van der Waals surface area contributed by atoms with Gasteiger partial charge in [-0.3, -0.25) is 19.2 Å². The molecule has 2 aromatic rings. The van der Waals surface area contributed by atoms with Gasteiger partial charge in [-0.15, -0.1) is 0 Å². The van der Waals surface area contributed by atoms with E-state index >= 15 is 0 Å². The van der Waals surface area contributed by atoms with Crippen molar-refractivity contribution in [3.8, 4) is 0 Å². The van der Waals surface area contributed by atoms with E-state index in [2.05, 4.69) is 10.6 Å². The lowest BCUT2D eigenvalue weighted by Gasteiger charge is -2.44. The molecule has 0 aromatic heterocycles. The fourth-order valence-electron chi connectivity index (χ4n) is 6.22. The molecule has 2 atom stereocenters. The zero-order valence-electron chi connectivity index (χ0n) is 37.5. The second-order valence-corrected chi connectivity index (χ2v) is 26.7. The van der Waals surface area contributed by atoms with E-state index in [9.17, 15) is 19.2 Å². The maximum atomic E-state index is 12.7. The molecule has 0 aliphatic carbocycles. The summed E-state index contributed by atoms with van der Waals surface area (Å²) in [5.74, 6) is -1.22. The Bertz CT molecular complexity index is 1510. The summed E-state index contributed by atoms with van der Waals surface area (Å²) in [6, 6.07) is 18.7. The Morgan fingerprint density at radius 2 is 1.03 bits per heavy atom. The summed E-state index contributed by atoms with van der Waals surface area (Å²) in [4.78, 5) is 64.8. The lowest BCUT2D eigenvalue weighted by atomic mass is 10.1. The highest BCUT2D eigenvalue weighted by Gasteiger charge is 2.57. The number of ketones is 2. The highest BCUT2D eigenvalue weighted by Crippen LogP contribution is 2.29. The van der Waals surface area contributed by atoms with Crippen molar-refractivity contribution in [2.75, 3.05) is 54.7 Å². The van der Waals surface area contributed by atoms with Crippen LogP contribution in [0.5, 0.6) is 0 Å². The molecular weight excluding hydrogens is 861 g/mol. The lowest BCUT2D eigenvalue weighted by Crippen LogP contribution is -2.73. The van der Waals surface area contributed by atoms with Crippen molar-refractivity contribution in [3.63, 3.8) is 0 Å². The van der Waals surface area contributed by atoms with E-state index < -0.39 is 58.8 Å². The van der Waals surface area contributed by atoms with Gasteiger partial charge in [0.1, 0.15) is 31.2 Å². The van der Waals surface area contributed by atoms with Gasteiger partial charge in [0.2, 0.25) is 0 Å². The third-order valence-corrected chi connectivity index (χ3v) is 24.3. The molecule has 0 amide bonds. The van der Waals surface area contributed by atoms with E-state index in [4.69, 9.17) is 49.1 Å². The zero-order chi connectivity index (χ0) is 46.5. The number of hydrogen-bond acceptors (Lipinski definition) is 17. The quantitative estimate of drug-likeness (QED) is 0.0656. The normalized spacial score (nSPS) is 12.8. The van der Waals surface area contributed by atoms with Gasteiger partial charge in [0.15, 0.2) is 0 Å². The fourth-order valence-corrected chi connectivity index (χ4v) is 22.8. The van der Waals surface area contributed by atoms with Gasteiger partial charge in [-0.1, -0.05) is 60.7 Å². The van der Waals surface area contributed by atoms with E-state index in [0.29, 0.717) is 38.0 Å². The molecule has 2 N–H and O–H groups in total. The highest BCUT2D eigenvalue weighted by molar-refractivity contribution is 7.01. The van der Waals surface area contributed by atoms with Crippen LogP contribution in [0.4, 0.5) is 0 Å². The maximum absolute atomic E-state index is 12.7. The maximum Gasteiger partial charge on any atom is 0.491 e. The van der Waals surface area contributed by atoms with Gasteiger partial charge in [-0.25, -0.2) is 0 Å². The van der Waals surface area contributed by atoms with Gasteiger partial charge in [0, 0.05) is 46.9 Å². The molecule has 0 saturated heterocycles. The van der Waals surface area contributed by atoms with Crippen LogP contribution in [0.25, 0.3) is 0 Å². The summed E-state index contributed by atoms with van der Waals surface area (Å²) >= 11 is 0. The predicted molar refractivity (Wildman–Crippen MR) is 239 cm³/mol. The van der Waals surface area contributed by atoms with Crippen molar-refractivity contribution < 1.29 is 68.3 Å². The number of benzene rings is 2. The number of Topliss-reactive ketones (excluding diaryl/α,β-unsaturated/α-hetero) is 2. The largest absolute Gasteiger partial charge is 0.491 e. The first-order valence-corrected chi connectivity index (χ1v) is 28.4. The number of esters is 2. The molecule has 344 valence electrons. The van der Waals surface area contributed by atoms with Crippen molar-refractivity contribution in [3.05, 3.63) is 60.7 Å². The Labute approximate surface area is 366 Å². The number of ether oxygens (including phenoxy) is 2. The van der Waals surface area contributed by atoms with Crippen LogP contribution >= 0.6 is 0 Å². The molecule has 2 aromatic carbocycles. The van der Waals surface area contributed by atoms with E-state index in [-0.39, 0.29) is 37.6 Å². The fraction of sp³-hybridized carbons (Fsp3) is 0.550. The van der Waals surface area contributed by atoms with Crippen molar-refractivity contribution in [2.24, 2.45) is 0 Å². The monoisotopic (exact) mass is 928 g/mol. The van der Waals surface area contributed by atoms with Gasteiger partial charge in [0.05, 0.1) is 25.7 Å². The SMILES string of the molecule is C=O.C=O.CCOC(=O)CC(NCCC[Si](OC)(OC)O[Si](O[Si](C)(C)O[Si](CCCNC(CC(C)=O)C(C)=O)(OC)OC)(c1ccccc1)c1ccccc1)C(=O)OCC. The van der Waals surface area contributed by atoms with Crippen molar-refractivity contribution in [2.45, 2.75) is 90.6 Å². The number of rotatable bonds is 30. The Hall–Kier alpha value is -3.43. The molecule has 0 fully saturated rings. The Morgan fingerprint density at radius 1 is 0.607 bits per heavy atom. The Balaban J connectivity index is 0.00000872. The zero-order valence-corrected chi connectivity index (χ0v) is 41.5. The first-order chi connectivity index (χ1) is 29.1. The molecule has 2 rings (SSSR count). The molecule has 0 heterocycles. The van der Waals surface area contributed by atoms with Crippen molar-refractivity contribution in [1.29, 1.82) is 0 Å². The standard InChI is InChI=1S/C38H64N2O13Si4.2CH2O/c1-11-49-37(43)30-36(38(44)50-12-2)40-26-20-28-56(47-7,48-8)53-57(33-21-15-13-16-22-33,34-23-17-14-18-24-34)52-54(9,10)51-55(45-5,46-6)27-19-25-39-35(32(4)42)29-31(3)41;2*1-2/h13-18,21-24,35-36,39-40H,11-12,19-20,25-30H2,1-10H3;2*1H2. The molecule has 2 unspecified atom stereocenters. The van der Waals surface area contributed by atoms with Gasteiger partial charge in [-0.05, 0) is 77.1 Å². The molecule has 0 aliphatic rings. The molecule has 0 saturated carbocycles. The van der Waals surface area contributed by atoms with Crippen LogP contribution in [-0.4, -0.2) is 139 Å². The molecule has 0 spiro atoms. The van der Waals surface area contributed by atoms with Gasteiger partial charge < -0.3 is 59.7 Å². The van der Waals surface area contributed by atoms with Crippen LogP contribution in [0.3, 0.4) is 0 Å². The van der Waals surface area contributed by atoms with Crippen LogP contribution < -0.4 is 21.0 Å². The minimum absolute atomic E-state index is 0.0699. The van der Waals surface area contributed by atoms with E-state index in [0.717, 1.165) is 10.4 Å². The second-order valence-electron chi connectivity index (χ2n) is 13.7. The smallest absolute Gasteiger partial charge is 0.466 e. The van der Waals surface area contributed by atoms with Crippen LogP contribution in [0, 0.1) is 0 Å². The number of nitrogens with one attached hydrogen (secondary N) is 2. The minimum atomic E-state index is -3.79. The first kappa shape index (κ1) is 57.6. The molecule has 17 nitrogen and oxygen atoms in total. The number of hydrogen-bond donors (Lipinski definition) is 2. The van der Waals surface area contributed by atoms with Crippen LogP contribution in [0.2, 0.25) is 25.2 Å². The Morgan fingerprint density at radius 3 is 1.43 bits per heavy atom. The average molecular weight is 929 g/mol. The molecule has 0 bridgehead atoms. The molecule has 0 aliphatic heterocycles. The number of carbonyl (C=O) groups excluding carboxylic acids is 6. The van der Waals surface area contributed by atoms with Crippen LogP contribution in [-0.2, 0) is 68.3 Å². The molecular formula is C40H68N2O15Si4. The van der Waals surface area contributed by atoms with Gasteiger partial charge >= 0.3 is 46.7 Å². The first-order valence-electron chi connectivity index (χ1n) is 19.9. The summed E-state index contributed by atoms with van der Waals surface area (Å²) < 4.78 is 56.3. The lowest BCUT2D eigenvalue weighted by molar-refractivity contribution is -0.152. The summed E-state index contributed by atoms with van der Waals surface area (Å²) in [5.41, 5.74) is 0. The summed E-state index contributed by atoms with van der Waals surface area (Å²) in [5, 5.41) is 7.93. The second kappa shape index (κ2) is 30.6. The van der Waals surface area contributed by atoms with E-state index in [1.807, 2.05) is 87.3 Å². The number of carbonyl (C=O) groups is 6. The average Bonchev–Trinajstić information content (AvgIpc) is 3.26. The van der Waals surface area contributed by atoms with Gasteiger partial charge in [-0.2, -0.15) is 0 Å². The van der Waals surface area contributed by atoms with E-state index in [1.54, 1.807) is 42.3 Å². The summed E-state index contributed by atoms with van der Waals surface area (Å²) in [6.45, 7) is 15.3.